The predicted octanol–water partition coefficient (Wildman–Crippen LogP) is 1.11. The maximum atomic E-state index is 11.6. The first kappa shape index (κ1) is 12.0. The van der Waals surface area contributed by atoms with Crippen LogP contribution in [0, 0.1) is 6.33 Å². The number of hydrogen-bond donors (Lipinski definition) is 1. The Hall–Kier alpha value is -3.02. The fraction of sp³-hybridized carbons (Fsp3) is 0. The second-order valence-electron chi connectivity index (χ2n) is 4.19. The molecule has 0 aliphatic heterocycles. The van der Waals surface area contributed by atoms with Crippen LogP contribution in [-0.4, -0.2) is 26.8 Å². The number of rotatable bonds is 3. The number of carbonyl (C=O) groups excluding carboxylic acids is 2. The first-order valence-electron chi connectivity index (χ1n) is 5.81. The summed E-state index contributed by atoms with van der Waals surface area (Å²) in [6.07, 6.45) is 4.84. The first-order chi connectivity index (χ1) is 9.70. The number of carbonyl (C=O) groups is 2. The van der Waals surface area contributed by atoms with Crippen molar-refractivity contribution in [2.24, 2.45) is 5.73 Å². The molecule has 0 fully saturated rings. The highest BCUT2D eigenvalue weighted by molar-refractivity contribution is 6.03. The minimum Gasteiger partial charge on any atom is -0.366 e. The number of pyridine rings is 1. The van der Waals surface area contributed by atoms with E-state index >= 15 is 0 Å². The van der Waals surface area contributed by atoms with Crippen molar-refractivity contribution in [1.29, 1.82) is 0 Å². The van der Waals surface area contributed by atoms with E-state index in [2.05, 4.69) is 16.4 Å². The van der Waals surface area contributed by atoms with Gasteiger partial charge in [0.1, 0.15) is 6.29 Å². The Morgan fingerprint density at radius 3 is 2.65 bits per heavy atom. The number of benzene rings is 1. The summed E-state index contributed by atoms with van der Waals surface area (Å²) in [6, 6.07) is 8.38. The van der Waals surface area contributed by atoms with Crippen LogP contribution in [0.3, 0.4) is 0 Å². The van der Waals surface area contributed by atoms with Crippen LogP contribution in [0.5, 0.6) is 0 Å². The average Bonchev–Trinajstić information content (AvgIpc) is 2.94. The number of primary amides is 1. The fourth-order valence-corrected chi connectivity index (χ4v) is 2.06. The maximum Gasteiger partial charge on any atom is 0.249 e. The van der Waals surface area contributed by atoms with Crippen molar-refractivity contribution < 1.29 is 9.59 Å². The lowest BCUT2D eigenvalue weighted by Crippen LogP contribution is -2.13. The molecule has 0 saturated heterocycles. The molecule has 6 nitrogen and oxygen atoms in total. The van der Waals surface area contributed by atoms with Gasteiger partial charge in [0.15, 0.2) is 5.65 Å². The van der Waals surface area contributed by atoms with Crippen LogP contribution in [0.4, 0.5) is 0 Å². The van der Waals surface area contributed by atoms with E-state index < -0.39 is 5.91 Å². The van der Waals surface area contributed by atoms with Crippen LogP contribution in [-0.2, 0) is 0 Å². The Morgan fingerprint density at radius 1 is 1.25 bits per heavy atom. The standard InChI is InChI=1S/C14H9N4O2/c15-13(20)11-5-6-18-14(16-8-17-18)12(11)10-3-1-9(7-19)2-4-10/h1-7H,(H2,15,20). The predicted molar refractivity (Wildman–Crippen MR) is 71.2 cm³/mol. The topological polar surface area (TPSA) is 90.3 Å². The Kier molecular flexibility index (Phi) is 2.76. The summed E-state index contributed by atoms with van der Waals surface area (Å²) in [5.41, 5.74) is 8.09. The van der Waals surface area contributed by atoms with E-state index in [0.29, 0.717) is 22.3 Å². The minimum absolute atomic E-state index is 0.345. The second kappa shape index (κ2) is 4.58. The highest BCUT2D eigenvalue weighted by atomic mass is 16.1. The highest BCUT2D eigenvalue weighted by Crippen LogP contribution is 2.27. The molecule has 97 valence electrons. The summed E-state index contributed by atoms with van der Waals surface area (Å²) in [7, 11) is 0. The van der Waals surface area contributed by atoms with Crippen LogP contribution >= 0.6 is 0 Å². The lowest BCUT2D eigenvalue weighted by Gasteiger charge is -2.08. The van der Waals surface area contributed by atoms with E-state index in [1.54, 1.807) is 36.5 Å². The molecule has 0 spiro atoms. The Morgan fingerprint density at radius 2 is 2.00 bits per heavy atom. The molecule has 6 heteroatoms. The molecule has 1 aromatic carbocycles. The number of nitrogens with two attached hydrogens (primary N) is 1. The van der Waals surface area contributed by atoms with Crippen LogP contribution in [0.2, 0.25) is 0 Å². The Balaban J connectivity index is 2.31. The quantitative estimate of drug-likeness (QED) is 0.718. The van der Waals surface area contributed by atoms with E-state index in [-0.39, 0.29) is 0 Å². The molecule has 3 rings (SSSR count). The summed E-state index contributed by atoms with van der Waals surface area (Å²) in [4.78, 5) is 26.3. The van der Waals surface area contributed by atoms with Crippen molar-refractivity contribution in [3.05, 3.63) is 54.0 Å². The molecule has 0 bridgehead atoms. The van der Waals surface area contributed by atoms with Gasteiger partial charge in [0.05, 0.1) is 5.56 Å². The zero-order chi connectivity index (χ0) is 14.1. The molecule has 1 radical (unpaired) electrons. The van der Waals surface area contributed by atoms with Gasteiger partial charge in [-0.25, -0.2) is 9.50 Å². The number of nitrogens with zero attached hydrogens (tertiary/aromatic N) is 3. The van der Waals surface area contributed by atoms with E-state index in [4.69, 9.17) is 5.73 Å². The van der Waals surface area contributed by atoms with Gasteiger partial charge in [-0.15, -0.1) is 5.10 Å². The lowest BCUT2D eigenvalue weighted by atomic mass is 10.00. The molecule has 3 aromatic rings. The molecule has 2 heterocycles. The summed E-state index contributed by atoms with van der Waals surface area (Å²) < 4.78 is 1.51. The monoisotopic (exact) mass is 265 g/mol. The molecule has 2 aromatic heterocycles. The maximum absolute atomic E-state index is 11.6. The third-order valence-electron chi connectivity index (χ3n) is 3.00. The van der Waals surface area contributed by atoms with Gasteiger partial charge in [-0.1, -0.05) is 24.3 Å². The lowest BCUT2D eigenvalue weighted by molar-refractivity contribution is 0.100. The number of aldehydes is 1. The fourth-order valence-electron chi connectivity index (χ4n) is 2.06. The average molecular weight is 265 g/mol. The van der Waals surface area contributed by atoms with Crippen molar-refractivity contribution in [2.75, 3.05) is 0 Å². The van der Waals surface area contributed by atoms with Crippen molar-refractivity contribution in [3.8, 4) is 11.1 Å². The van der Waals surface area contributed by atoms with Gasteiger partial charge in [-0.2, -0.15) is 0 Å². The molecule has 0 saturated carbocycles. The van der Waals surface area contributed by atoms with E-state index in [0.717, 1.165) is 11.8 Å². The molecular weight excluding hydrogens is 256 g/mol. The Bertz CT molecular complexity index is 806. The van der Waals surface area contributed by atoms with E-state index in [1.807, 2.05) is 0 Å². The van der Waals surface area contributed by atoms with Gasteiger partial charge in [0, 0.05) is 17.3 Å². The molecule has 0 aliphatic rings. The first-order valence-corrected chi connectivity index (χ1v) is 5.81. The van der Waals surface area contributed by atoms with Gasteiger partial charge < -0.3 is 5.73 Å². The third kappa shape index (κ3) is 1.83. The van der Waals surface area contributed by atoms with Crippen molar-refractivity contribution >= 4 is 17.8 Å². The second-order valence-corrected chi connectivity index (χ2v) is 4.19. The molecular formula is C14H9N4O2. The summed E-state index contributed by atoms with van der Waals surface area (Å²) in [5.74, 6) is -0.551. The van der Waals surface area contributed by atoms with Gasteiger partial charge >= 0.3 is 0 Å². The summed E-state index contributed by atoms with van der Waals surface area (Å²) in [5, 5.41) is 3.91. The zero-order valence-corrected chi connectivity index (χ0v) is 10.3. The molecule has 0 aliphatic carbocycles. The SMILES string of the molecule is NC(=O)c1ccn2n[c]nc2c1-c1ccc(C=O)cc1. The van der Waals surface area contributed by atoms with Crippen molar-refractivity contribution in [1.82, 2.24) is 14.6 Å². The van der Waals surface area contributed by atoms with Crippen molar-refractivity contribution in [2.45, 2.75) is 0 Å². The van der Waals surface area contributed by atoms with Crippen LogP contribution in [0.15, 0.2) is 36.5 Å². The third-order valence-corrected chi connectivity index (χ3v) is 3.00. The van der Waals surface area contributed by atoms with Gasteiger partial charge in [0.2, 0.25) is 12.2 Å². The van der Waals surface area contributed by atoms with Gasteiger partial charge in [0.25, 0.3) is 0 Å². The van der Waals surface area contributed by atoms with Crippen LogP contribution < -0.4 is 5.73 Å². The van der Waals surface area contributed by atoms with E-state index in [9.17, 15) is 9.59 Å². The van der Waals surface area contributed by atoms with Crippen LogP contribution in [0.25, 0.3) is 16.8 Å². The summed E-state index contributed by atoms with van der Waals surface area (Å²) >= 11 is 0. The summed E-state index contributed by atoms with van der Waals surface area (Å²) in [6.45, 7) is 0. The van der Waals surface area contributed by atoms with Gasteiger partial charge in [-0.05, 0) is 11.6 Å². The molecule has 0 unspecified atom stereocenters. The zero-order valence-electron chi connectivity index (χ0n) is 10.3. The normalized spacial score (nSPS) is 10.6. The largest absolute Gasteiger partial charge is 0.366 e. The molecule has 0 atom stereocenters. The van der Waals surface area contributed by atoms with Crippen molar-refractivity contribution in [3.63, 3.8) is 0 Å². The highest BCUT2D eigenvalue weighted by Gasteiger charge is 2.15. The van der Waals surface area contributed by atoms with Gasteiger partial charge in [-0.3, -0.25) is 9.59 Å². The molecule has 2 N–H and O–H groups in total. The number of amides is 1. The minimum atomic E-state index is -0.551. The Labute approximate surface area is 113 Å². The van der Waals surface area contributed by atoms with Crippen LogP contribution in [0.1, 0.15) is 20.7 Å². The number of aromatic nitrogens is 3. The molecule has 20 heavy (non-hydrogen) atoms. The molecule has 1 amide bonds. The smallest absolute Gasteiger partial charge is 0.249 e. The number of fused-ring (bicyclic) bond motifs is 1. The number of hydrogen-bond acceptors (Lipinski definition) is 4. The van der Waals surface area contributed by atoms with E-state index in [1.165, 1.54) is 4.52 Å².